The highest BCUT2D eigenvalue weighted by atomic mass is 19.1. The molecule has 2 rings (SSSR count). The molecular weight excluding hydrogens is 315 g/mol. The largest absolute Gasteiger partial charge is 0.491 e. The number of carbonyl (C=O) groups is 1. The predicted molar refractivity (Wildman–Crippen MR) is 86.8 cm³/mol. The van der Waals surface area contributed by atoms with Crippen molar-refractivity contribution in [2.75, 3.05) is 13.2 Å². The lowest BCUT2D eigenvalue weighted by Crippen LogP contribution is -2.29. The summed E-state index contributed by atoms with van der Waals surface area (Å²) in [5.74, 6) is -0.789. The van der Waals surface area contributed by atoms with Gasteiger partial charge in [-0.3, -0.25) is 14.9 Å². The van der Waals surface area contributed by atoms with Crippen LogP contribution in [0.4, 0.5) is 10.1 Å². The SMILES string of the molecule is Cc1cccc(C)c1OCCNC(=O)c1cc([N+](=O)[O-])ccc1F. The number of carbonyl (C=O) groups excluding carboxylic acids is 1. The molecule has 0 spiro atoms. The maximum atomic E-state index is 13.6. The van der Waals surface area contributed by atoms with Crippen LogP contribution in [-0.4, -0.2) is 24.0 Å². The summed E-state index contributed by atoms with van der Waals surface area (Å²) in [6, 6.07) is 8.58. The Bertz CT molecular complexity index is 757. The highest BCUT2D eigenvalue weighted by molar-refractivity contribution is 5.95. The van der Waals surface area contributed by atoms with Crippen molar-refractivity contribution in [3.63, 3.8) is 0 Å². The van der Waals surface area contributed by atoms with Crippen molar-refractivity contribution in [3.8, 4) is 5.75 Å². The molecule has 0 saturated carbocycles. The maximum absolute atomic E-state index is 13.6. The predicted octanol–water partition coefficient (Wildman–Crippen LogP) is 3.16. The molecule has 0 aliphatic heterocycles. The zero-order valence-corrected chi connectivity index (χ0v) is 13.3. The van der Waals surface area contributed by atoms with Gasteiger partial charge >= 0.3 is 0 Å². The Morgan fingerprint density at radius 2 is 1.92 bits per heavy atom. The molecule has 2 aromatic rings. The van der Waals surface area contributed by atoms with Gasteiger partial charge in [0.2, 0.25) is 0 Å². The quantitative estimate of drug-likeness (QED) is 0.500. The van der Waals surface area contributed by atoms with Gasteiger partial charge in [-0.05, 0) is 31.0 Å². The minimum Gasteiger partial charge on any atom is -0.491 e. The van der Waals surface area contributed by atoms with Gasteiger partial charge in [-0.2, -0.15) is 0 Å². The zero-order valence-electron chi connectivity index (χ0n) is 13.3. The van der Waals surface area contributed by atoms with Crippen molar-refractivity contribution in [2.24, 2.45) is 0 Å². The minimum atomic E-state index is -0.811. The lowest BCUT2D eigenvalue weighted by atomic mass is 10.1. The number of hydrogen-bond acceptors (Lipinski definition) is 4. The molecule has 0 radical (unpaired) electrons. The van der Waals surface area contributed by atoms with E-state index in [0.717, 1.165) is 35.1 Å². The standard InChI is InChI=1S/C17H17FN2O4/c1-11-4-3-5-12(2)16(11)24-9-8-19-17(21)14-10-13(20(22)23)6-7-15(14)18/h3-7,10H,8-9H2,1-2H3,(H,19,21). The molecule has 0 unspecified atom stereocenters. The second-order valence-electron chi connectivity index (χ2n) is 5.25. The normalized spacial score (nSPS) is 10.3. The minimum absolute atomic E-state index is 0.148. The van der Waals surface area contributed by atoms with Crippen LogP contribution in [0.3, 0.4) is 0 Å². The van der Waals surface area contributed by atoms with E-state index < -0.39 is 16.6 Å². The Hall–Kier alpha value is -2.96. The number of non-ortho nitro benzene ring substituents is 1. The lowest BCUT2D eigenvalue weighted by molar-refractivity contribution is -0.384. The molecule has 0 heterocycles. The van der Waals surface area contributed by atoms with Crippen LogP contribution >= 0.6 is 0 Å². The molecular formula is C17H17FN2O4. The van der Waals surface area contributed by atoms with Gasteiger partial charge in [-0.1, -0.05) is 18.2 Å². The molecule has 0 aliphatic carbocycles. The molecule has 6 nitrogen and oxygen atoms in total. The summed E-state index contributed by atoms with van der Waals surface area (Å²) in [5, 5.41) is 13.2. The topological polar surface area (TPSA) is 81.5 Å². The van der Waals surface area contributed by atoms with E-state index in [9.17, 15) is 19.3 Å². The second-order valence-corrected chi connectivity index (χ2v) is 5.25. The number of benzene rings is 2. The number of aryl methyl sites for hydroxylation is 2. The van der Waals surface area contributed by atoms with Crippen LogP contribution in [0.25, 0.3) is 0 Å². The van der Waals surface area contributed by atoms with Crippen LogP contribution in [0.5, 0.6) is 5.75 Å². The van der Waals surface area contributed by atoms with Crippen LogP contribution < -0.4 is 10.1 Å². The summed E-state index contributed by atoms with van der Waals surface area (Å²) in [7, 11) is 0. The third kappa shape index (κ3) is 4.07. The summed E-state index contributed by atoms with van der Waals surface area (Å²) in [6.07, 6.45) is 0. The zero-order chi connectivity index (χ0) is 17.7. The summed E-state index contributed by atoms with van der Waals surface area (Å²) in [5.41, 5.74) is 1.25. The fourth-order valence-electron chi connectivity index (χ4n) is 2.24. The number of nitrogens with one attached hydrogen (secondary N) is 1. The molecule has 0 bridgehead atoms. The first-order chi connectivity index (χ1) is 11.4. The average molecular weight is 332 g/mol. The number of rotatable bonds is 6. The molecule has 1 amide bonds. The number of nitro benzene ring substituents is 1. The number of halogens is 1. The monoisotopic (exact) mass is 332 g/mol. The molecule has 0 aliphatic rings. The molecule has 0 atom stereocenters. The highest BCUT2D eigenvalue weighted by Gasteiger charge is 2.16. The number of para-hydroxylation sites is 1. The number of amides is 1. The molecule has 2 aromatic carbocycles. The van der Waals surface area contributed by atoms with Gasteiger partial charge in [-0.25, -0.2) is 4.39 Å². The summed E-state index contributed by atoms with van der Waals surface area (Å²) >= 11 is 0. The van der Waals surface area contributed by atoms with Crippen molar-refractivity contribution in [3.05, 3.63) is 69.0 Å². The molecule has 0 fully saturated rings. The smallest absolute Gasteiger partial charge is 0.270 e. The van der Waals surface area contributed by atoms with Crippen molar-refractivity contribution < 1.29 is 18.8 Å². The van der Waals surface area contributed by atoms with Crippen molar-refractivity contribution >= 4 is 11.6 Å². The van der Waals surface area contributed by atoms with E-state index in [0.29, 0.717) is 0 Å². The first-order valence-corrected chi connectivity index (χ1v) is 7.31. The number of nitrogens with zero attached hydrogens (tertiary/aromatic N) is 1. The van der Waals surface area contributed by atoms with E-state index in [1.165, 1.54) is 0 Å². The lowest BCUT2D eigenvalue weighted by Gasteiger charge is -2.12. The first kappa shape index (κ1) is 17.4. The van der Waals surface area contributed by atoms with Gasteiger partial charge in [0.1, 0.15) is 18.2 Å². The summed E-state index contributed by atoms with van der Waals surface area (Å²) in [6.45, 7) is 4.18. The molecule has 126 valence electrons. The maximum Gasteiger partial charge on any atom is 0.270 e. The Kier molecular flexibility index (Phi) is 5.47. The Morgan fingerprint density at radius 1 is 1.25 bits per heavy atom. The van der Waals surface area contributed by atoms with Gasteiger partial charge in [-0.15, -0.1) is 0 Å². The van der Waals surface area contributed by atoms with Gasteiger partial charge in [0.05, 0.1) is 17.0 Å². The van der Waals surface area contributed by atoms with Gasteiger partial charge in [0.15, 0.2) is 0 Å². The fourth-order valence-corrected chi connectivity index (χ4v) is 2.24. The molecule has 24 heavy (non-hydrogen) atoms. The third-order valence-electron chi connectivity index (χ3n) is 3.45. The van der Waals surface area contributed by atoms with E-state index in [4.69, 9.17) is 4.74 Å². The Labute approximate surface area is 138 Å². The number of nitro groups is 1. The summed E-state index contributed by atoms with van der Waals surface area (Å²) in [4.78, 5) is 22.0. The molecule has 0 saturated heterocycles. The molecule has 1 N–H and O–H groups in total. The molecule has 0 aromatic heterocycles. The molecule has 7 heteroatoms. The van der Waals surface area contributed by atoms with Gasteiger partial charge in [0.25, 0.3) is 11.6 Å². The van der Waals surface area contributed by atoms with E-state index in [2.05, 4.69) is 5.32 Å². The second kappa shape index (κ2) is 7.54. The van der Waals surface area contributed by atoms with Crippen LogP contribution in [0, 0.1) is 29.8 Å². The van der Waals surface area contributed by atoms with E-state index in [-0.39, 0.29) is 24.4 Å². The van der Waals surface area contributed by atoms with Crippen molar-refractivity contribution in [1.82, 2.24) is 5.32 Å². The van der Waals surface area contributed by atoms with E-state index in [1.54, 1.807) is 0 Å². The van der Waals surface area contributed by atoms with Crippen LogP contribution in [0.2, 0.25) is 0 Å². The van der Waals surface area contributed by atoms with Crippen molar-refractivity contribution in [2.45, 2.75) is 13.8 Å². The first-order valence-electron chi connectivity index (χ1n) is 7.31. The number of hydrogen-bond donors (Lipinski definition) is 1. The summed E-state index contributed by atoms with van der Waals surface area (Å²) < 4.78 is 19.3. The Morgan fingerprint density at radius 3 is 2.54 bits per heavy atom. The Balaban J connectivity index is 1.94. The third-order valence-corrected chi connectivity index (χ3v) is 3.45. The van der Waals surface area contributed by atoms with E-state index in [1.807, 2.05) is 32.0 Å². The van der Waals surface area contributed by atoms with Crippen LogP contribution in [0.15, 0.2) is 36.4 Å². The van der Waals surface area contributed by atoms with Crippen LogP contribution in [0.1, 0.15) is 21.5 Å². The van der Waals surface area contributed by atoms with E-state index >= 15 is 0 Å². The average Bonchev–Trinajstić information content (AvgIpc) is 2.53. The van der Waals surface area contributed by atoms with Gasteiger partial charge < -0.3 is 10.1 Å². The van der Waals surface area contributed by atoms with Gasteiger partial charge in [0, 0.05) is 12.1 Å². The number of ether oxygens (including phenoxy) is 1. The fraction of sp³-hybridized carbons (Fsp3) is 0.235. The van der Waals surface area contributed by atoms with Crippen molar-refractivity contribution in [1.29, 1.82) is 0 Å². The van der Waals surface area contributed by atoms with Crippen LogP contribution in [-0.2, 0) is 0 Å². The highest BCUT2D eigenvalue weighted by Crippen LogP contribution is 2.22.